The second kappa shape index (κ2) is 2.41. The maximum atomic E-state index is 10.5. The van der Waals surface area contributed by atoms with Crippen LogP contribution in [0.5, 0.6) is 0 Å². The molecule has 0 fully saturated rings. The van der Waals surface area contributed by atoms with Crippen molar-refractivity contribution in [2.75, 3.05) is 0 Å². The zero-order chi connectivity index (χ0) is 8.43. The first kappa shape index (κ1) is 7.26. The highest BCUT2D eigenvalue weighted by Gasteiger charge is 2.15. The summed E-state index contributed by atoms with van der Waals surface area (Å²) in [4.78, 5) is 26.7. The lowest BCUT2D eigenvalue weighted by atomic mass is 10.3. The molecule has 1 aromatic rings. The number of carbonyl (C=O) groups excluding carboxylic acids is 2. The Bertz CT molecular complexity index is 275. The Morgan fingerprint density at radius 1 is 1.36 bits per heavy atom. The van der Waals surface area contributed by atoms with Gasteiger partial charge in [-0.25, -0.2) is 4.98 Å². The number of amides is 2. The van der Waals surface area contributed by atoms with Crippen LogP contribution in [0.15, 0.2) is 0 Å². The Morgan fingerprint density at radius 3 is 2.36 bits per heavy atom. The molecule has 0 aliphatic carbocycles. The third-order valence-corrected chi connectivity index (χ3v) is 1.07. The maximum Gasteiger partial charge on any atom is 0.269 e. The first-order valence-electron chi connectivity index (χ1n) is 2.68. The van der Waals surface area contributed by atoms with E-state index in [4.69, 9.17) is 11.5 Å². The fourth-order valence-corrected chi connectivity index (χ4v) is 0.611. The van der Waals surface area contributed by atoms with Crippen molar-refractivity contribution >= 4 is 11.8 Å². The summed E-state index contributed by atoms with van der Waals surface area (Å²) >= 11 is 0. The molecule has 0 saturated heterocycles. The van der Waals surface area contributed by atoms with Gasteiger partial charge in [-0.05, 0) is 0 Å². The van der Waals surface area contributed by atoms with Gasteiger partial charge >= 0.3 is 0 Å². The molecule has 0 aliphatic heterocycles. The predicted molar refractivity (Wildman–Crippen MR) is 34.5 cm³/mol. The van der Waals surface area contributed by atoms with E-state index in [0.717, 1.165) is 0 Å². The smallest absolute Gasteiger partial charge is 0.269 e. The summed E-state index contributed by atoms with van der Waals surface area (Å²) in [6.45, 7) is 0. The fourth-order valence-electron chi connectivity index (χ4n) is 0.611. The molecule has 5 N–H and O–H groups in total. The molecule has 57 valence electrons. The molecular weight excluding hydrogens is 148 g/mol. The summed E-state index contributed by atoms with van der Waals surface area (Å²) in [5, 5.41) is 0. The summed E-state index contributed by atoms with van der Waals surface area (Å²) in [6, 6.07) is 0. The second-order valence-corrected chi connectivity index (χ2v) is 1.80. The van der Waals surface area contributed by atoms with Crippen LogP contribution >= 0.6 is 0 Å². The normalized spacial score (nSPS) is 9.45. The minimum atomic E-state index is -0.809. The van der Waals surface area contributed by atoms with E-state index in [0.29, 0.717) is 0 Å². The van der Waals surface area contributed by atoms with Crippen molar-refractivity contribution in [1.82, 2.24) is 9.97 Å². The minimum Gasteiger partial charge on any atom is -0.364 e. The molecule has 1 aromatic heterocycles. The van der Waals surface area contributed by atoms with Crippen LogP contribution in [0.25, 0.3) is 0 Å². The highest BCUT2D eigenvalue weighted by atomic mass is 16.2. The fraction of sp³-hybridized carbons (Fsp3) is 0. The third kappa shape index (κ3) is 1.18. The van der Waals surface area contributed by atoms with Crippen LogP contribution in [0.1, 0.15) is 21.0 Å². The van der Waals surface area contributed by atoms with Gasteiger partial charge in [-0.2, -0.15) is 0 Å². The number of nitrogens with one attached hydrogen (secondary N) is 1. The summed E-state index contributed by atoms with van der Waals surface area (Å²) in [5.41, 5.74) is 9.41. The zero-order valence-corrected chi connectivity index (χ0v) is 5.42. The van der Waals surface area contributed by atoms with Crippen LogP contribution in [-0.2, 0) is 0 Å². The van der Waals surface area contributed by atoms with Crippen molar-refractivity contribution in [3.8, 4) is 0 Å². The van der Waals surface area contributed by atoms with Gasteiger partial charge in [0.2, 0.25) is 0 Å². The quantitative estimate of drug-likeness (QED) is 0.475. The van der Waals surface area contributed by atoms with Crippen LogP contribution in [0, 0.1) is 6.33 Å². The summed E-state index contributed by atoms with van der Waals surface area (Å²) < 4.78 is 0. The first-order chi connectivity index (χ1) is 5.13. The van der Waals surface area contributed by atoms with Gasteiger partial charge in [0.15, 0.2) is 12.0 Å². The van der Waals surface area contributed by atoms with Crippen molar-refractivity contribution in [1.29, 1.82) is 0 Å². The van der Waals surface area contributed by atoms with E-state index >= 15 is 0 Å². The minimum absolute atomic E-state index is 0.113. The van der Waals surface area contributed by atoms with E-state index in [-0.39, 0.29) is 11.4 Å². The van der Waals surface area contributed by atoms with E-state index in [1.807, 2.05) is 0 Å². The number of hydrogen-bond donors (Lipinski definition) is 3. The van der Waals surface area contributed by atoms with Gasteiger partial charge in [-0.1, -0.05) is 0 Å². The highest BCUT2D eigenvalue weighted by Crippen LogP contribution is 1.98. The van der Waals surface area contributed by atoms with Crippen molar-refractivity contribution in [2.24, 2.45) is 11.5 Å². The molecule has 1 radical (unpaired) electrons. The lowest BCUT2D eigenvalue weighted by Crippen LogP contribution is -2.20. The van der Waals surface area contributed by atoms with Crippen molar-refractivity contribution in [2.45, 2.75) is 0 Å². The number of imidazole rings is 1. The molecule has 0 atom stereocenters. The lowest BCUT2D eigenvalue weighted by Gasteiger charge is -1.90. The molecule has 0 saturated carbocycles. The van der Waals surface area contributed by atoms with Crippen molar-refractivity contribution in [3.05, 3.63) is 17.7 Å². The third-order valence-electron chi connectivity index (χ3n) is 1.07. The number of nitrogens with zero attached hydrogens (tertiary/aromatic N) is 1. The van der Waals surface area contributed by atoms with Crippen LogP contribution in [0.2, 0.25) is 0 Å². The monoisotopic (exact) mass is 153 g/mol. The maximum absolute atomic E-state index is 10.5. The molecule has 11 heavy (non-hydrogen) atoms. The van der Waals surface area contributed by atoms with Crippen molar-refractivity contribution < 1.29 is 9.59 Å². The molecule has 0 spiro atoms. The Labute approximate surface area is 61.6 Å². The van der Waals surface area contributed by atoms with E-state index in [1.165, 1.54) is 0 Å². The van der Waals surface area contributed by atoms with E-state index in [9.17, 15) is 9.59 Å². The molecule has 6 nitrogen and oxygen atoms in total. The molecule has 1 rings (SSSR count). The largest absolute Gasteiger partial charge is 0.364 e. The number of nitrogens with two attached hydrogens (primary N) is 2. The summed E-state index contributed by atoms with van der Waals surface area (Å²) in [5.74, 6) is -1.59. The number of aromatic amines is 1. The number of aromatic nitrogens is 2. The van der Waals surface area contributed by atoms with Gasteiger partial charge in [-0.3, -0.25) is 9.59 Å². The van der Waals surface area contributed by atoms with Crippen molar-refractivity contribution in [3.63, 3.8) is 0 Å². The molecule has 1 heterocycles. The summed E-state index contributed by atoms with van der Waals surface area (Å²) in [6.07, 6.45) is 2.18. The van der Waals surface area contributed by atoms with E-state index < -0.39 is 11.8 Å². The molecule has 6 heteroatoms. The Hall–Kier alpha value is -1.85. The number of primary amides is 2. The number of rotatable bonds is 2. The molecule has 0 aromatic carbocycles. The predicted octanol–water partition coefficient (Wildman–Crippen LogP) is -1.59. The average molecular weight is 153 g/mol. The van der Waals surface area contributed by atoms with Gasteiger partial charge in [0.25, 0.3) is 11.8 Å². The Balaban J connectivity index is 3.16. The standard InChI is InChI=1S/C5H5N4O2/c6-4(10)2-3(5(7)11)9-1-8-2/h(H2,6,10)(H2,7,11)(H,8,9). The van der Waals surface area contributed by atoms with Crippen LogP contribution in [0.4, 0.5) is 0 Å². The number of carbonyl (C=O) groups is 2. The second-order valence-electron chi connectivity index (χ2n) is 1.80. The van der Waals surface area contributed by atoms with Gasteiger partial charge < -0.3 is 16.5 Å². The van der Waals surface area contributed by atoms with Gasteiger partial charge in [0.05, 0.1) is 0 Å². The molecule has 0 aliphatic rings. The number of hydrogen-bond acceptors (Lipinski definition) is 3. The van der Waals surface area contributed by atoms with Gasteiger partial charge in [0.1, 0.15) is 5.69 Å². The first-order valence-corrected chi connectivity index (χ1v) is 2.68. The molecular formula is C5H5N4O2. The van der Waals surface area contributed by atoms with Crippen LogP contribution in [0.3, 0.4) is 0 Å². The summed E-state index contributed by atoms with van der Waals surface area (Å²) in [7, 11) is 0. The molecule has 0 unspecified atom stereocenters. The van der Waals surface area contributed by atoms with Crippen LogP contribution in [-0.4, -0.2) is 21.8 Å². The van der Waals surface area contributed by atoms with Gasteiger partial charge in [0, 0.05) is 0 Å². The SMILES string of the molecule is NC(=O)c1n[c][nH]c1C(N)=O. The molecule has 0 bridgehead atoms. The van der Waals surface area contributed by atoms with E-state index in [2.05, 4.69) is 16.3 Å². The zero-order valence-electron chi connectivity index (χ0n) is 5.42. The topological polar surface area (TPSA) is 115 Å². The van der Waals surface area contributed by atoms with Gasteiger partial charge in [-0.15, -0.1) is 0 Å². The van der Waals surface area contributed by atoms with E-state index in [1.54, 1.807) is 0 Å². The highest BCUT2D eigenvalue weighted by molar-refractivity contribution is 6.03. The lowest BCUT2D eigenvalue weighted by molar-refractivity contribution is 0.0962. The Morgan fingerprint density at radius 2 is 2.00 bits per heavy atom. The average Bonchev–Trinajstić information content (AvgIpc) is 2.32. The van der Waals surface area contributed by atoms with Crippen LogP contribution < -0.4 is 11.5 Å². The molecule has 2 amide bonds. The Kier molecular flexibility index (Phi) is 1.59. The number of H-pyrrole nitrogens is 1.